The van der Waals surface area contributed by atoms with Crippen molar-refractivity contribution in [2.75, 3.05) is 13.2 Å². The molecule has 1 aromatic rings. The number of aromatic nitrogens is 1. The van der Waals surface area contributed by atoms with Crippen LogP contribution in [0.3, 0.4) is 0 Å². The third kappa shape index (κ3) is 2.66. The van der Waals surface area contributed by atoms with Crippen molar-refractivity contribution in [2.24, 2.45) is 5.92 Å². The summed E-state index contributed by atoms with van der Waals surface area (Å²) < 4.78 is 6.09. The van der Waals surface area contributed by atoms with Crippen LogP contribution in [0.2, 0.25) is 0 Å². The molecular weight excluding hydrogens is 268 g/mol. The lowest BCUT2D eigenvalue weighted by atomic mass is 9.70. The van der Waals surface area contributed by atoms with Crippen LogP contribution < -0.4 is 5.32 Å². The first-order valence-corrected chi connectivity index (χ1v) is 8.76. The van der Waals surface area contributed by atoms with Gasteiger partial charge < -0.3 is 10.1 Å². The van der Waals surface area contributed by atoms with Crippen molar-refractivity contribution >= 4 is 11.3 Å². The Morgan fingerprint density at radius 1 is 1.45 bits per heavy atom. The number of thiazole rings is 1. The fourth-order valence-corrected chi connectivity index (χ4v) is 4.90. The molecule has 0 radical (unpaired) electrons. The van der Waals surface area contributed by atoms with Gasteiger partial charge in [-0.3, -0.25) is 0 Å². The lowest BCUT2D eigenvalue weighted by Gasteiger charge is -2.48. The summed E-state index contributed by atoms with van der Waals surface area (Å²) in [7, 11) is 0. The first-order chi connectivity index (χ1) is 9.63. The molecule has 1 saturated carbocycles. The fourth-order valence-electron chi connectivity index (χ4n) is 3.80. The summed E-state index contributed by atoms with van der Waals surface area (Å²) in [5.41, 5.74) is 1.44. The second-order valence-corrected chi connectivity index (χ2v) is 7.59. The monoisotopic (exact) mass is 294 g/mol. The third-order valence-corrected chi connectivity index (χ3v) is 6.07. The van der Waals surface area contributed by atoms with E-state index in [-0.39, 0.29) is 5.60 Å². The van der Waals surface area contributed by atoms with E-state index < -0.39 is 0 Å². The standard InChI is InChI=1S/C16H26N2OS/c1-4-17-14(15-11(2)18-12(3)20-15)13-6-9-19-16(10-13)7-5-8-16/h13-14,17H,4-10H2,1-3H3. The number of hydrogen-bond donors (Lipinski definition) is 1. The summed E-state index contributed by atoms with van der Waals surface area (Å²) >= 11 is 1.87. The number of ether oxygens (including phenoxy) is 1. The molecule has 2 unspecified atom stereocenters. The molecule has 2 atom stereocenters. The van der Waals surface area contributed by atoms with E-state index in [0.717, 1.165) is 13.2 Å². The van der Waals surface area contributed by atoms with Crippen LogP contribution >= 0.6 is 11.3 Å². The minimum Gasteiger partial charge on any atom is -0.375 e. The molecule has 20 heavy (non-hydrogen) atoms. The zero-order chi connectivity index (χ0) is 14.2. The van der Waals surface area contributed by atoms with E-state index in [4.69, 9.17) is 4.74 Å². The van der Waals surface area contributed by atoms with E-state index in [1.54, 1.807) is 0 Å². The molecular formula is C16H26N2OS. The van der Waals surface area contributed by atoms with Crippen LogP contribution in [0.1, 0.15) is 60.6 Å². The van der Waals surface area contributed by atoms with Crippen molar-refractivity contribution in [1.82, 2.24) is 10.3 Å². The minimum atomic E-state index is 0.226. The molecule has 1 aliphatic carbocycles. The number of rotatable bonds is 4. The Hall–Kier alpha value is -0.450. The Kier molecular flexibility index (Phi) is 4.16. The summed E-state index contributed by atoms with van der Waals surface area (Å²) in [5.74, 6) is 0.697. The molecule has 0 aromatic carbocycles. The summed E-state index contributed by atoms with van der Waals surface area (Å²) in [6.45, 7) is 8.42. The molecule has 1 aliphatic heterocycles. The molecule has 1 saturated heterocycles. The summed E-state index contributed by atoms with van der Waals surface area (Å²) in [6, 6.07) is 0.465. The van der Waals surface area contributed by atoms with Crippen LogP contribution in [0.15, 0.2) is 0 Å². The maximum atomic E-state index is 6.09. The third-order valence-electron chi connectivity index (χ3n) is 4.91. The largest absolute Gasteiger partial charge is 0.375 e. The maximum Gasteiger partial charge on any atom is 0.0900 e. The molecule has 1 N–H and O–H groups in total. The van der Waals surface area contributed by atoms with Crippen LogP contribution in [0.4, 0.5) is 0 Å². The predicted octanol–water partition coefficient (Wildman–Crippen LogP) is 3.76. The second kappa shape index (κ2) is 5.74. The van der Waals surface area contributed by atoms with Gasteiger partial charge in [-0.25, -0.2) is 4.98 Å². The summed E-state index contributed by atoms with van der Waals surface area (Å²) in [6.07, 6.45) is 6.28. The smallest absolute Gasteiger partial charge is 0.0900 e. The van der Waals surface area contributed by atoms with Crippen molar-refractivity contribution in [3.05, 3.63) is 15.6 Å². The van der Waals surface area contributed by atoms with Gasteiger partial charge in [-0.1, -0.05) is 6.92 Å². The predicted molar refractivity (Wildman–Crippen MR) is 83.3 cm³/mol. The van der Waals surface area contributed by atoms with Crippen LogP contribution in [-0.4, -0.2) is 23.7 Å². The molecule has 0 bridgehead atoms. The molecule has 2 aliphatic rings. The Morgan fingerprint density at radius 3 is 2.80 bits per heavy atom. The highest BCUT2D eigenvalue weighted by Crippen LogP contribution is 2.47. The molecule has 0 amide bonds. The van der Waals surface area contributed by atoms with Gasteiger partial charge in [0.2, 0.25) is 0 Å². The molecule has 2 heterocycles. The number of nitrogens with zero attached hydrogens (tertiary/aromatic N) is 1. The van der Waals surface area contributed by atoms with Gasteiger partial charge in [0.1, 0.15) is 0 Å². The van der Waals surface area contributed by atoms with Gasteiger partial charge in [0.25, 0.3) is 0 Å². The van der Waals surface area contributed by atoms with E-state index in [1.807, 2.05) is 11.3 Å². The molecule has 1 spiro atoms. The average molecular weight is 294 g/mol. The number of aryl methyl sites for hydroxylation is 2. The van der Waals surface area contributed by atoms with Gasteiger partial charge in [0, 0.05) is 17.5 Å². The zero-order valence-corrected chi connectivity index (χ0v) is 13.7. The van der Waals surface area contributed by atoms with Crippen molar-refractivity contribution in [1.29, 1.82) is 0 Å². The van der Waals surface area contributed by atoms with Crippen LogP contribution in [0, 0.1) is 19.8 Å². The minimum absolute atomic E-state index is 0.226. The summed E-state index contributed by atoms with van der Waals surface area (Å²) in [5, 5.41) is 4.91. The van der Waals surface area contributed by atoms with Gasteiger partial charge in [-0.15, -0.1) is 11.3 Å². The lowest BCUT2D eigenvalue weighted by Crippen LogP contribution is -2.48. The highest BCUT2D eigenvalue weighted by Gasteiger charge is 2.44. The van der Waals surface area contributed by atoms with Gasteiger partial charge in [-0.05, 0) is 58.4 Å². The Labute approximate surface area is 126 Å². The molecule has 1 aromatic heterocycles. The lowest BCUT2D eigenvalue weighted by molar-refractivity contribution is -0.147. The number of nitrogens with one attached hydrogen (secondary N) is 1. The van der Waals surface area contributed by atoms with Crippen molar-refractivity contribution in [2.45, 2.75) is 64.5 Å². The maximum absolute atomic E-state index is 6.09. The van der Waals surface area contributed by atoms with E-state index in [0.29, 0.717) is 12.0 Å². The number of hydrogen-bond acceptors (Lipinski definition) is 4. The second-order valence-electron chi connectivity index (χ2n) is 6.36. The van der Waals surface area contributed by atoms with Crippen molar-refractivity contribution in [3.63, 3.8) is 0 Å². The van der Waals surface area contributed by atoms with Gasteiger partial charge in [-0.2, -0.15) is 0 Å². The molecule has 4 heteroatoms. The van der Waals surface area contributed by atoms with Crippen molar-refractivity contribution in [3.8, 4) is 0 Å². The molecule has 112 valence electrons. The van der Waals surface area contributed by atoms with Crippen molar-refractivity contribution < 1.29 is 4.74 Å². The van der Waals surface area contributed by atoms with Crippen LogP contribution in [0.25, 0.3) is 0 Å². The average Bonchev–Trinajstić information content (AvgIpc) is 2.73. The molecule has 3 nitrogen and oxygen atoms in total. The quantitative estimate of drug-likeness (QED) is 0.918. The first kappa shape index (κ1) is 14.5. The highest BCUT2D eigenvalue weighted by atomic mass is 32.1. The topological polar surface area (TPSA) is 34.2 Å². The van der Waals surface area contributed by atoms with E-state index >= 15 is 0 Å². The van der Waals surface area contributed by atoms with Gasteiger partial charge >= 0.3 is 0 Å². The first-order valence-electron chi connectivity index (χ1n) is 7.95. The molecule has 3 rings (SSSR count). The fraction of sp³-hybridized carbons (Fsp3) is 0.812. The zero-order valence-electron chi connectivity index (χ0n) is 12.9. The Morgan fingerprint density at radius 2 is 2.25 bits per heavy atom. The van der Waals surface area contributed by atoms with Crippen LogP contribution in [-0.2, 0) is 4.74 Å². The Balaban J connectivity index is 1.81. The van der Waals surface area contributed by atoms with Crippen LogP contribution in [0.5, 0.6) is 0 Å². The van der Waals surface area contributed by atoms with Gasteiger partial charge in [0.05, 0.1) is 16.3 Å². The highest BCUT2D eigenvalue weighted by molar-refractivity contribution is 7.11. The van der Waals surface area contributed by atoms with E-state index in [1.165, 1.54) is 47.7 Å². The summed E-state index contributed by atoms with van der Waals surface area (Å²) in [4.78, 5) is 6.08. The van der Waals surface area contributed by atoms with E-state index in [9.17, 15) is 0 Å². The van der Waals surface area contributed by atoms with Gasteiger partial charge in [0.15, 0.2) is 0 Å². The van der Waals surface area contributed by atoms with E-state index in [2.05, 4.69) is 31.1 Å². The normalized spacial score (nSPS) is 26.4. The Bertz CT molecular complexity index is 467. The SMILES string of the molecule is CCNC(c1sc(C)nc1C)C1CCOC2(CCC2)C1. The molecule has 2 fully saturated rings.